The SMILES string of the molecule is COCCNc1nc2c(c(=O)[nH]1)CC(CC(=O)Nc1cccc(Cl)c1)C(=O)N2. The number of hydrogen-bond acceptors (Lipinski definition) is 6. The fourth-order valence-corrected chi connectivity index (χ4v) is 3.06. The number of aromatic amines is 1. The Morgan fingerprint density at radius 1 is 1.39 bits per heavy atom. The monoisotopic (exact) mass is 405 g/mol. The van der Waals surface area contributed by atoms with Crippen molar-refractivity contribution in [2.75, 3.05) is 36.2 Å². The molecular weight excluding hydrogens is 386 g/mol. The van der Waals surface area contributed by atoms with Crippen molar-refractivity contribution >= 4 is 40.9 Å². The largest absolute Gasteiger partial charge is 0.383 e. The summed E-state index contributed by atoms with van der Waals surface area (Å²) in [7, 11) is 1.56. The van der Waals surface area contributed by atoms with Gasteiger partial charge in [-0.15, -0.1) is 0 Å². The van der Waals surface area contributed by atoms with E-state index in [4.69, 9.17) is 16.3 Å². The van der Waals surface area contributed by atoms with Gasteiger partial charge in [0.25, 0.3) is 5.56 Å². The Morgan fingerprint density at radius 2 is 2.21 bits per heavy atom. The highest BCUT2D eigenvalue weighted by Gasteiger charge is 2.31. The van der Waals surface area contributed by atoms with Crippen LogP contribution in [-0.4, -0.2) is 42.0 Å². The first-order valence-electron chi connectivity index (χ1n) is 8.68. The summed E-state index contributed by atoms with van der Waals surface area (Å²) >= 11 is 5.90. The van der Waals surface area contributed by atoms with Gasteiger partial charge in [-0.05, 0) is 24.6 Å². The van der Waals surface area contributed by atoms with Gasteiger partial charge in [-0.2, -0.15) is 4.98 Å². The number of nitrogens with one attached hydrogen (secondary N) is 4. The normalized spacial score (nSPS) is 15.5. The standard InChI is InChI=1S/C18H20ClN5O4/c1-28-6-5-20-18-23-15-13(17(27)24-18)7-10(16(26)22-15)8-14(25)21-12-4-2-3-11(19)9-12/h2-4,9-10H,5-8H2,1H3,(H,21,25)(H3,20,22,23,24,26,27). The zero-order chi connectivity index (χ0) is 20.1. The number of carbonyl (C=O) groups is 2. The quantitative estimate of drug-likeness (QED) is 0.519. The van der Waals surface area contributed by atoms with Crippen LogP contribution in [0.2, 0.25) is 5.02 Å². The Bertz CT molecular complexity index is 946. The zero-order valence-electron chi connectivity index (χ0n) is 15.2. The molecule has 0 spiro atoms. The lowest BCUT2D eigenvalue weighted by molar-refractivity contribution is -0.125. The summed E-state index contributed by atoms with van der Waals surface area (Å²) in [6.45, 7) is 0.898. The minimum atomic E-state index is -0.665. The van der Waals surface area contributed by atoms with Crippen LogP contribution in [0.1, 0.15) is 12.0 Å². The number of H-pyrrole nitrogens is 1. The van der Waals surface area contributed by atoms with Crippen molar-refractivity contribution in [1.82, 2.24) is 9.97 Å². The van der Waals surface area contributed by atoms with Gasteiger partial charge in [-0.1, -0.05) is 17.7 Å². The molecule has 2 amide bonds. The number of carbonyl (C=O) groups excluding carboxylic acids is 2. The number of halogens is 1. The van der Waals surface area contributed by atoms with E-state index in [2.05, 4.69) is 25.9 Å². The van der Waals surface area contributed by atoms with E-state index < -0.39 is 5.92 Å². The molecule has 0 fully saturated rings. The van der Waals surface area contributed by atoms with Crippen LogP contribution in [0.4, 0.5) is 17.5 Å². The number of anilines is 3. The molecule has 1 aromatic heterocycles. The van der Waals surface area contributed by atoms with E-state index in [-0.39, 0.29) is 42.0 Å². The lowest BCUT2D eigenvalue weighted by Gasteiger charge is -2.23. The van der Waals surface area contributed by atoms with Crippen LogP contribution >= 0.6 is 11.6 Å². The zero-order valence-corrected chi connectivity index (χ0v) is 15.9. The number of hydrogen-bond donors (Lipinski definition) is 4. The molecule has 10 heteroatoms. The van der Waals surface area contributed by atoms with Crippen LogP contribution in [0.15, 0.2) is 29.1 Å². The highest BCUT2D eigenvalue weighted by Crippen LogP contribution is 2.24. The van der Waals surface area contributed by atoms with Crippen LogP contribution in [0.25, 0.3) is 0 Å². The number of amides is 2. The molecule has 1 aromatic carbocycles. The van der Waals surface area contributed by atoms with Gasteiger partial charge in [0.05, 0.1) is 18.1 Å². The number of nitrogens with zero attached hydrogens (tertiary/aromatic N) is 1. The number of methoxy groups -OCH3 is 1. The van der Waals surface area contributed by atoms with Crippen LogP contribution in [0.3, 0.4) is 0 Å². The van der Waals surface area contributed by atoms with Crippen molar-refractivity contribution in [3.8, 4) is 0 Å². The van der Waals surface area contributed by atoms with E-state index in [1.165, 1.54) is 0 Å². The Labute approximate surface area is 165 Å². The van der Waals surface area contributed by atoms with Gasteiger partial charge in [0.1, 0.15) is 5.82 Å². The fourth-order valence-electron chi connectivity index (χ4n) is 2.87. The van der Waals surface area contributed by atoms with Gasteiger partial charge in [0, 0.05) is 30.8 Å². The third kappa shape index (κ3) is 4.87. The third-order valence-electron chi connectivity index (χ3n) is 4.22. The lowest BCUT2D eigenvalue weighted by Crippen LogP contribution is -2.37. The van der Waals surface area contributed by atoms with Crippen LogP contribution in [-0.2, 0) is 20.7 Å². The fraction of sp³-hybridized carbons (Fsp3) is 0.333. The van der Waals surface area contributed by atoms with Gasteiger partial charge < -0.3 is 20.7 Å². The predicted octanol–water partition coefficient (Wildman–Crippen LogP) is 1.62. The van der Waals surface area contributed by atoms with Crippen molar-refractivity contribution in [3.63, 3.8) is 0 Å². The average molecular weight is 406 g/mol. The van der Waals surface area contributed by atoms with E-state index in [1.54, 1.807) is 31.4 Å². The number of aromatic nitrogens is 2. The van der Waals surface area contributed by atoms with Gasteiger partial charge in [-0.25, -0.2) is 0 Å². The maximum Gasteiger partial charge on any atom is 0.257 e. The number of fused-ring (bicyclic) bond motifs is 1. The molecule has 2 heterocycles. The van der Waals surface area contributed by atoms with E-state index in [0.717, 1.165) is 0 Å². The molecule has 1 atom stereocenters. The van der Waals surface area contributed by atoms with Gasteiger partial charge >= 0.3 is 0 Å². The van der Waals surface area contributed by atoms with E-state index in [9.17, 15) is 14.4 Å². The molecule has 2 aromatic rings. The number of rotatable bonds is 7. The van der Waals surface area contributed by atoms with Crippen molar-refractivity contribution in [2.24, 2.45) is 5.92 Å². The molecule has 148 valence electrons. The Kier molecular flexibility index (Phi) is 6.27. The van der Waals surface area contributed by atoms with E-state index in [0.29, 0.717) is 29.4 Å². The molecule has 1 aliphatic heterocycles. The summed E-state index contributed by atoms with van der Waals surface area (Å²) in [4.78, 5) is 43.9. The number of ether oxygens (including phenoxy) is 1. The molecular formula is C18H20ClN5O4. The summed E-state index contributed by atoms with van der Waals surface area (Å²) in [5.74, 6) is -0.900. The van der Waals surface area contributed by atoms with E-state index >= 15 is 0 Å². The first-order valence-corrected chi connectivity index (χ1v) is 9.06. The molecule has 0 saturated carbocycles. The topological polar surface area (TPSA) is 125 Å². The van der Waals surface area contributed by atoms with Crippen molar-refractivity contribution in [2.45, 2.75) is 12.8 Å². The second-order valence-corrected chi connectivity index (χ2v) is 6.75. The van der Waals surface area contributed by atoms with Crippen molar-refractivity contribution in [3.05, 3.63) is 45.2 Å². The maximum atomic E-state index is 12.4. The molecule has 4 N–H and O–H groups in total. The summed E-state index contributed by atoms with van der Waals surface area (Å²) in [5, 5.41) is 8.72. The van der Waals surface area contributed by atoms with Crippen LogP contribution in [0, 0.1) is 5.92 Å². The van der Waals surface area contributed by atoms with Crippen molar-refractivity contribution in [1.29, 1.82) is 0 Å². The minimum Gasteiger partial charge on any atom is -0.383 e. The molecule has 3 rings (SSSR count). The molecule has 9 nitrogen and oxygen atoms in total. The number of benzene rings is 1. The minimum absolute atomic E-state index is 0.0644. The third-order valence-corrected chi connectivity index (χ3v) is 4.45. The molecule has 0 aliphatic carbocycles. The highest BCUT2D eigenvalue weighted by molar-refractivity contribution is 6.30. The Hall–Kier alpha value is -2.91. The molecule has 0 bridgehead atoms. The highest BCUT2D eigenvalue weighted by atomic mass is 35.5. The van der Waals surface area contributed by atoms with Crippen LogP contribution < -0.4 is 21.5 Å². The Balaban J connectivity index is 1.67. The molecule has 28 heavy (non-hydrogen) atoms. The predicted molar refractivity (Wildman–Crippen MR) is 106 cm³/mol. The molecule has 0 saturated heterocycles. The molecule has 0 radical (unpaired) electrons. The first-order chi connectivity index (χ1) is 13.5. The van der Waals surface area contributed by atoms with Crippen molar-refractivity contribution < 1.29 is 14.3 Å². The smallest absolute Gasteiger partial charge is 0.257 e. The summed E-state index contributed by atoms with van der Waals surface area (Å²) in [6, 6.07) is 6.72. The summed E-state index contributed by atoms with van der Waals surface area (Å²) in [6.07, 6.45) is 0.0654. The summed E-state index contributed by atoms with van der Waals surface area (Å²) < 4.78 is 4.93. The van der Waals surface area contributed by atoms with E-state index in [1.807, 2.05) is 0 Å². The van der Waals surface area contributed by atoms with Gasteiger partial charge in [0.2, 0.25) is 17.8 Å². The van der Waals surface area contributed by atoms with Gasteiger partial charge in [0.15, 0.2) is 0 Å². The van der Waals surface area contributed by atoms with Crippen LogP contribution in [0.5, 0.6) is 0 Å². The van der Waals surface area contributed by atoms with Gasteiger partial charge in [-0.3, -0.25) is 19.4 Å². The summed E-state index contributed by atoms with van der Waals surface area (Å²) in [5.41, 5.74) is 0.531. The Morgan fingerprint density at radius 3 is 2.96 bits per heavy atom. The second-order valence-electron chi connectivity index (χ2n) is 6.31. The molecule has 1 unspecified atom stereocenters. The maximum absolute atomic E-state index is 12.4. The average Bonchev–Trinajstić information content (AvgIpc) is 2.63. The second kappa shape index (κ2) is 8.85. The molecule has 1 aliphatic rings. The lowest BCUT2D eigenvalue weighted by atomic mass is 9.92. The first kappa shape index (κ1) is 19.8.